The van der Waals surface area contributed by atoms with Crippen molar-refractivity contribution >= 4 is 11.8 Å². The fraction of sp³-hybridized carbons (Fsp3) is 0.520. The minimum absolute atomic E-state index is 0.00809. The van der Waals surface area contributed by atoms with Gasteiger partial charge in [0.05, 0.1) is 12.3 Å². The summed E-state index contributed by atoms with van der Waals surface area (Å²) in [5.41, 5.74) is 3.66. The van der Waals surface area contributed by atoms with Gasteiger partial charge in [-0.05, 0) is 45.6 Å². The molecule has 0 saturated carbocycles. The van der Waals surface area contributed by atoms with Crippen LogP contribution in [0.5, 0.6) is 0 Å². The molecule has 3 rings (SSSR count). The van der Waals surface area contributed by atoms with Gasteiger partial charge in [-0.3, -0.25) is 9.59 Å². The van der Waals surface area contributed by atoms with Crippen molar-refractivity contribution in [1.82, 2.24) is 20.2 Å². The van der Waals surface area contributed by atoms with Gasteiger partial charge >= 0.3 is 0 Å². The summed E-state index contributed by atoms with van der Waals surface area (Å²) in [6.45, 7) is 10.0. The van der Waals surface area contributed by atoms with Crippen LogP contribution in [-0.2, 0) is 16.0 Å². The quantitative estimate of drug-likeness (QED) is 0.739. The Morgan fingerprint density at radius 3 is 2.48 bits per heavy atom. The Hall–Kier alpha value is -2.76. The fourth-order valence-electron chi connectivity index (χ4n) is 4.24. The van der Waals surface area contributed by atoms with Crippen LogP contribution in [0.15, 0.2) is 30.3 Å². The summed E-state index contributed by atoms with van der Waals surface area (Å²) in [5, 5.41) is 2.92. The first-order valence-corrected chi connectivity index (χ1v) is 11.3. The number of aryl methyl sites for hydroxylation is 2. The van der Waals surface area contributed by atoms with Crippen LogP contribution >= 0.6 is 0 Å². The fourth-order valence-corrected chi connectivity index (χ4v) is 4.24. The molecule has 6 nitrogen and oxygen atoms in total. The Kier molecular flexibility index (Phi) is 7.77. The second-order valence-electron chi connectivity index (χ2n) is 8.51. The number of carbonyl (C=O) groups is 2. The van der Waals surface area contributed by atoms with Gasteiger partial charge in [0.15, 0.2) is 0 Å². The van der Waals surface area contributed by atoms with E-state index < -0.39 is 0 Å². The normalized spacial score (nSPS) is 17.3. The molecule has 1 N–H and O–H groups in total. The van der Waals surface area contributed by atoms with E-state index in [2.05, 4.69) is 5.32 Å². The number of amides is 2. The largest absolute Gasteiger partial charge is 0.356 e. The average Bonchev–Trinajstić information content (AvgIpc) is 2.79. The van der Waals surface area contributed by atoms with Crippen molar-refractivity contribution in [2.45, 2.75) is 65.2 Å². The molecule has 1 aliphatic heterocycles. The first-order chi connectivity index (χ1) is 14.9. The summed E-state index contributed by atoms with van der Waals surface area (Å²) >= 11 is 0. The highest BCUT2D eigenvalue weighted by Crippen LogP contribution is 2.28. The molecule has 6 heteroatoms. The molecule has 1 aliphatic rings. The van der Waals surface area contributed by atoms with Gasteiger partial charge < -0.3 is 10.2 Å². The lowest BCUT2D eigenvalue weighted by Gasteiger charge is -2.34. The van der Waals surface area contributed by atoms with Crippen molar-refractivity contribution in [3.8, 4) is 0 Å². The molecule has 0 spiro atoms. The maximum absolute atomic E-state index is 13.1. The summed E-state index contributed by atoms with van der Waals surface area (Å²) in [6.07, 6.45) is 3.14. The molecule has 1 aromatic carbocycles. The molecule has 1 saturated heterocycles. The second kappa shape index (κ2) is 10.5. The van der Waals surface area contributed by atoms with Crippen molar-refractivity contribution in [3.05, 3.63) is 58.7 Å². The number of rotatable bonds is 7. The zero-order valence-corrected chi connectivity index (χ0v) is 19.1. The Labute approximate surface area is 185 Å². The Balaban J connectivity index is 1.71. The summed E-state index contributed by atoms with van der Waals surface area (Å²) in [4.78, 5) is 36.7. The van der Waals surface area contributed by atoms with Crippen molar-refractivity contribution < 1.29 is 9.59 Å². The van der Waals surface area contributed by atoms with Crippen LogP contribution in [0, 0.1) is 13.8 Å². The van der Waals surface area contributed by atoms with E-state index >= 15 is 0 Å². The molecule has 1 fully saturated rings. The van der Waals surface area contributed by atoms with Crippen LogP contribution in [-0.4, -0.2) is 46.3 Å². The van der Waals surface area contributed by atoms with E-state index in [-0.39, 0.29) is 23.7 Å². The molecule has 2 heterocycles. The molecule has 0 bridgehead atoms. The Morgan fingerprint density at radius 2 is 1.84 bits per heavy atom. The molecule has 0 radical (unpaired) electrons. The van der Waals surface area contributed by atoms with E-state index in [0.29, 0.717) is 19.5 Å². The van der Waals surface area contributed by atoms with E-state index in [1.165, 1.54) is 0 Å². The lowest BCUT2D eigenvalue weighted by Crippen LogP contribution is -2.41. The van der Waals surface area contributed by atoms with E-state index in [1.807, 2.05) is 62.9 Å². The lowest BCUT2D eigenvalue weighted by molar-refractivity contribution is -0.133. The number of carbonyl (C=O) groups excluding carboxylic acids is 2. The number of hydrogen-bond donors (Lipinski definition) is 1. The molecular weight excluding hydrogens is 388 g/mol. The van der Waals surface area contributed by atoms with Crippen LogP contribution in [0.4, 0.5) is 0 Å². The van der Waals surface area contributed by atoms with Crippen molar-refractivity contribution in [2.75, 3.05) is 19.6 Å². The monoisotopic (exact) mass is 422 g/mol. The molecule has 2 aromatic rings. The van der Waals surface area contributed by atoms with E-state index in [0.717, 1.165) is 54.1 Å². The SMILES string of the molecule is CCCNC(=O)Cc1c(C)nc([C@@H]2CCCN(C(=O)[C@@H](C)c3ccccc3)C2)nc1C. The van der Waals surface area contributed by atoms with Gasteiger partial charge in [0.2, 0.25) is 11.8 Å². The zero-order valence-electron chi connectivity index (χ0n) is 19.1. The minimum Gasteiger partial charge on any atom is -0.356 e. The molecule has 31 heavy (non-hydrogen) atoms. The predicted molar refractivity (Wildman–Crippen MR) is 122 cm³/mol. The topological polar surface area (TPSA) is 75.2 Å². The van der Waals surface area contributed by atoms with E-state index in [9.17, 15) is 9.59 Å². The van der Waals surface area contributed by atoms with E-state index in [1.54, 1.807) is 0 Å². The Morgan fingerprint density at radius 1 is 1.16 bits per heavy atom. The number of hydrogen-bond acceptors (Lipinski definition) is 4. The van der Waals surface area contributed by atoms with Crippen LogP contribution in [0.25, 0.3) is 0 Å². The summed E-state index contributed by atoms with van der Waals surface area (Å²) < 4.78 is 0. The highest BCUT2D eigenvalue weighted by atomic mass is 16.2. The average molecular weight is 423 g/mol. The van der Waals surface area contributed by atoms with Gasteiger partial charge in [0.25, 0.3) is 0 Å². The van der Waals surface area contributed by atoms with Crippen molar-refractivity contribution in [2.24, 2.45) is 0 Å². The molecule has 2 amide bonds. The summed E-state index contributed by atoms with van der Waals surface area (Å²) in [6, 6.07) is 9.93. The van der Waals surface area contributed by atoms with Gasteiger partial charge in [0, 0.05) is 42.5 Å². The first-order valence-electron chi connectivity index (χ1n) is 11.3. The molecular formula is C25H34N4O2. The molecule has 0 unspecified atom stereocenters. The van der Waals surface area contributed by atoms with Crippen LogP contribution in [0.3, 0.4) is 0 Å². The number of nitrogens with one attached hydrogen (secondary N) is 1. The summed E-state index contributed by atoms with van der Waals surface area (Å²) in [7, 11) is 0. The minimum atomic E-state index is -0.159. The molecule has 0 aliphatic carbocycles. The molecule has 2 atom stereocenters. The van der Waals surface area contributed by atoms with E-state index in [4.69, 9.17) is 9.97 Å². The number of nitrogens with zero attached hydrogens (tertiary/aromatic N) is 3. The second-order valence-corrected chi connectivity index (χ2v) is 8.51. The third-order valence-electron chi connectivity index (χ3n) is 6.12. The number of aromatic nitrogens is 2. The van der Waals surface area contributed by atoms with Gasteiger partial charge in [-0.2, -0.15) is 0 Å². The third-order valence-corrected chi connectivity index (χ3v) is 6.12. The van der Waals surface area contributed by atoms with Crippen LogP contribution in [0.1, 0.15) is 73.3 Å². The Bertz CT molecular complexity index is 890. The van der Waals surface area contributed by atoms with Crippen molar-refractivity contribution in [3.63, 3.8) is 0 Å². The zero-order chi connectivity index (χ0) is 22.4. The maximum atomic E-state index is 13.1. The smallest absolute Gasteiger partial charge is 0.229 e. The standard InChI is InChI=1S/C25H34N4O2/c1-5-13-26-23(30)15-22-18(3)27-24(28-19(22)4)21-12-9-14-29(16-21)25(31)17(2)20-10-7-6-8-11-20/h6-8,10-11,17,21H,5,9,12-16H2,1-4H3,(H,26,30)/t17-,21+/m0/s1. The maximum Gasteiger partial charge on any atom is 0.229 e. The van der Waals surface area contributed by atoms with Gasteiger partial charge in [-0.1, -0.05) is 37.3 Å². The van der Waals surface area contributed by atoms with Crippen molar-refractivity contribution in [1.29, 1.82) is 0 Å². The highest BCUT2D eigenvalue weighted by Gasteiger charge is 2.30. The summed E-state index contributed by atoms with van der Waals surface area (Å²) in [5.74, 6) is 0.925. The molecule has 1 aromatic heterocycles. The van der Waals surface area contributed by atoms with Gasteiger partial charge in [-0.25, -0.2) is 9.97 Å². The predicted octanol–water partition coefficient (Wildman–Crippen LogP) is 3.67. The number of benzene rings is 1. The van der Waals surface area contributed by atoms with Gasteiger partial charge in [-0.15, -0.1) is 0 Å². The van der Waals surface area contributed by atoms with Crippen LogP contribution < -0.4 is 5.32 Å². The third kappa shape index (κ3) is 5.69. The lowest BCUT2D eigenvalue weighted by atomic mass is 9.93. The molecule has 166 valence electrons. The van der Waals surface area contributed by atoms with Gasteiger partial charge in [0.1, 0.15) is 5.82 Å². The van der Waals surface area contributed by atoms with Crippen LogP contribution in [0.2, 0.25) is 0 Å². The first kappa shape index (κ1) is 22.9. The highest BCUT2D eigenvalue weighted by molar-refractivity contribution is 5.83. The number of piperidine rings is 1. The number of likely N-dealkylation sites (tertiary alicyclic amines) is 1.